The zero-order valence-electron chi connectivity index (χ0n) is 14.8. The second-order valence-corrected chi connectivity index (χ2v) is 6.21. The number of nitrogens with one attached hydrogen (secondary N) is 3. The highest BCUT2D eigenvalue weighted by Crippen LogP contribution is 2.19. The maximum atomic E-state index is 12.3. The van der Waals surface area contributed by atoms with Crippen LogP contribution >= 0.6 is 0 Å². The zero-order chi connectivity index (χ0) is 19.3. The zero-order valence-corrected chi connectivity index (χ0v) is 14.8. The molecule has 0 spiro atoms. The molecule has 2 aromatic heterocycles. The molecule has 136 valence electrons. The summed E-state index contributed by atoms with van der Waals surface area (Å²) in [6, 6.07) is 20.4. The molecule has 0 saturated carbocycles. The van der Waals surface area contributed by atoms with Gasteiger partial charge in [0.25, 0.3) is 0 Å². The molecule has 4 aromatic rings. The lowest BCUT2D eigenvalue weighted by molar-refractivity contribution is -0.115. The van der Waals surface area contributed by atoms with E-state index in [-0.39, 0.29) is 12.3 Å². The molecule has 0 unspecified atom stereocenters. The minimum Gasteiger partial charge on any atom is -0.361 e. The smallest absolute Gasteiger partial charge is 0.230 e. The van der Waals surface area contributed by atoms with E-state index in [1.54, 1.807) is 30.3 Å². The van der Waals surface area contributed by atoms with Crippen LogP contribution in [-0.2, 0) is 11.2 Å². The summed E-state index contributed by atoms with van der Waals surface area (Å²) in [4.78, 5) is 15.5. The van der Waals surface area contributed by atoms with E-state index in [4.69, 9.17) is 5.26 Å². The van der Waals surface area contributed by atoms with Gasteiger partial charge in [0.1, 0.15) is 0 Å². The van der Waals surface area contributed by atoms with Crippen LogP contribution in [0.5, 0.6) is 0 Å². The maximum Gasteiger partial charge on any atom is 0.230 e. The number of para-hydroxylation sites is 1. The van der Waals surface area contributed by atoms with Gasteiger partial charge in [0.2, 0.25) is 5.91 Å². The van der Waals surface area contributed by atoms with Crippen molar-refractivity contribution < 1.29 is 4.79 Å². The first-order chi connectivity index (χ1) is 13.7. The fraction of sp³-hybridized carbons (Fsp3) is 0.0476. The molecule has 2 aromatic carbocycles. The number of aromatic nitrogens is 3. The highest BCUT2D eigenvalue weighted by atomic mass is 16.1. The number of hydrogen-bond acceptors (Lipinski definition) is 5. The van der Waals surface area contributed by atoms with Gasteiger partial charge in [-0.1, -0.05) is 24.3 Å². The summed E-state index contributed by atoms with van der Waals surface area (Å²) in [6.07, 6.45) is 2.09. The van der Waals surface area contributed by atoms with E-state index in [9.17, 15) is 4.79 Å². The van der Waals surface area contributed by atoms with Crippen LogP contribution in [0.4, 0.5) is 17.3 Å². The highest BCUT2D eigenvalue weighted by molar-refractivity contribution is 5.95. The Morgan fingerprint density at radius 3 is 2.68 bits per heavy atom. The molecule has 7 nitrogen and oxygen atoms in total. The normalized spacial score (nSPS) is 10.4. The predicted octanol–water partition coefficient (Wildman–Crippen LogP) is 3.75. The second kappa shape index (κ2) is 7.60. The van der Waals surface area contributed by atoms with E-state index < -0.39 is 0 Å². The summed E-state index contributed by atoms with van der Waals surface area (Å²) in [6.45, 7) is 0. The number of hydrogen-bond donors (Lipinski definition) is 3. The quantitative estimate of drug-likeness (QED) is 0.497. The third-order valence-corrected chi connectivity index (χ3v) is 4.22. The van der Waals surface area contributed by atoms with Crippen molar-refractivity contribution in [2.45, 2.75) is 6.42 Å². The molecule has 0 aliphatic rings. The van der Waals surface area contributed by atoms with Crippen molar-refractivity contribution in [3.63, 3.8) is 0 Å². The van der Waals surface area contributed by atoms with Crippen molar-refractivity contribution in [3.05, 3.63) is 78.0 Å². The molecule has 0 atom stereocenters. The topological polar surface area (TPSA) is 106 Å². The fourth-order valence-electron chi connectivity index (χ4n) is 2.92. The first kappa shape index (κ1) is 17.2. The SMILES string of the molecule is N#Cc1cccc(Nc2ccc(NC(=O)Cc3c[nH]c4ccccc34)nn2)c1. The highest BCUT2D eigenvalue weighted by Gasteiger charge is 2.10. The third kappa shape index (κ3) is 3.81. The van der Waals surface area contributed by atoms with Crippen LogP contribution in [-0.4, -0.2) is 21.1 Å². The number of carbonyl (C=O) groups is 1. The Hall–Kier alpha value is -4.18. The first-order valence-electron chi connectivity index (χ1n) is 8.67. The minimum absolute atomic E-state index is 0.165. The Bertz CT molecular complexity index is 1170. The molecule has 2 heterocycles. The number of aromatic amines is 1. The molecule has 0 fully saturated rings. The lowest BCUT2D eigenvalue weighted by Crippen LogP contribution is -2.15. The van der Waals surface area contributed by atoms with E-state index in [1.807, 2.05) is 36.5 Å². The van der Waals surface area contributed by atoms with E-state index in [0.29, 0.717) is 17.2 Å². The van der Waals surface area contributed by atoms with Crippen molar-refractivity contribution in [1.82, 2.24) is 15.2 Å². The fourth-order valence-corrected chi connectivity index (χ4v) is 2.92. The Balaban J connectivity index is 1.40. The van der Waals surface area contributed by atoms with Gasteiger partial charge in [0.15, 0.2) is 11.6 Å². The third-order valence-electron chi connectivity index (χ3n) is 4.22. The minimum atomic E-state index is -0.165. The molecular weight excluding hydrogens is 352 g/mol. The van der Waals surface area contributed by atoms with Gasteiger partial charge < -0.3 is 15.6 Å². The number of benzene rings is 2. The van der Waals surface area contributed by atoms with E-state index in [2.05, 4.69) is 31.9 Å². The van der Waals surface area contributed by atoms with E-state index in [0.717, 1.165) is 22.2 Å². The van der Waals surface area contributed by atoms with E-state index in [1.165, 1.54) is 0 Å². The number of anilines is 3. The van der Waals surface area contributed by atoms with Crippen molar-refractivity contribution >= 4 is 34.1 Å². The van der Waals surface area contributed by atoms with Gasteiger partial charge >= 0.3 is 0 Å². The molecule has 0 aliphatic heterocycles. The van der Waals surface area contributed by atoms with Crippen molar-refractivity contribution in [1.29, 1.82) is 5.26 Å². The molecule has 1 amide bonds. The first-order valence-corrected chi connectivity index (χ1v) is 8.67. The van der Waals surface area contributed by atoms with Gasteiger partial charge in [-0.3, -0.25) is 4.79 Å². The Morgan fingerprint density at radius 1 is 1.04 bits per heavy atom. The van der Waals surface area contributed by atoms with Gasteiger partial charge in [-0.05, 0) is 42.0 Å². The van der Waals surface area contributed by atoms with Gasteiger partial charge in [-0.15, -0.1) is 10.2 Å². The number of fused-ring (bicyclic) bond motifs is 1. The Kier molecular flexibility index (Phi) is 4.68. The van der Waals surface area contributed by atoms with Crippen molar-refractivity contribution in [2.24, 2.45) is 0 Å². The molecule has 0 aliphatic carbocycles. The molecule has 28 heavy (non-hydrogen) atoms. The summed E-state index contributed by atoms with van der Waals surface area (Å²) in [5.74, 6) is 0.729. The summed E-state index contributed by atoms with van der Waals surface area (Å²) in [5.41, 5.74) is 3.22. The average Bonchev–Trinajstić information content (AvgIpc) is 3.12. The molecular formula is C21H16N6O. The summed E-state index contributed by atoms with van der Waals surface area (Å²) in [5, 5.41) is 23.9. The van der Waals surface area contributed by atoms with Crippen LogP contribution in [0.1, 0.15) is 11.1 Å². The van der Waals surface area contributed by atoms with E-state index >= 15 is 0 Å². The number of carbonyl (C=O) groups excluding carboxylic acids is 1. The largest absolute Gasteiger partial charge is 0.361 e. The molecule has 0 radical (unpaired) electrons. The summed E-state index contributed by atoms with van der Waals surface area (Å²) >= 11 is 0. The van der Waals surface area contributed by atoms with Crippen molar-refractivity contribution in [3.8, 4) is 6.07 Å². The van der Waals surface area contributed by atoms with Crippen molar-refractivity contribution in [2.75, 3.05) is 10.6 Å². The number of amides is 1. The molecule has 0 saturated heterocycles. The molecule has 3 N–H and O–H groups in total. The standard InChI is InChI=1S/C21H16N6O/c22-12-14-4-3-5-16(10-14)24-19-8-9-20(27-26-19)25-21(28)11-15-13-23-18-7-2-1-6-17(15)18/h1-10,13,23H,11H2,(H,24,26)(H,25,27,28). The molecule has 7 heteroatoms. The van der Waals surface area contributed by atoms with Gasteiger partial charge in [-0.25, -0.2) is 0 Å². The average molecular weight is 368 g/mol. The van der Waals surface area contributed by atoms with Crippen LogP contribution < -0.4 is 10.6 Å². The summed E-state index contributed by atoms with van der Waals surface area (Å²) < 4.78 is 0. The Morgan fingerprint density at radius 2 is 1.86 bits per heavy atom. The predicted molar refractivity (Wildman–Crippen MR) is 107 cm³/mol. The summed E-state index contributed by atoms with van der Waals surface area (Å²) in [7, 11) is 0. The van der Waals surface area contributed by atoms with Crippen LogP contribution in [0.15, 0.2) is 66.9 Å². The van der Waals surface area contributed by atoms with Gasteiger partial charge in [0.05, 0.1) is 18.1 Å². The molecule has 4 rings (SSSR count). The van der Waals surface area contributed by atoms with Gasteiger partial charge in [-0.2, -0.15) is 5.26 Å². The van der Waals surface area contributed by atoms with Crippen LogP contribution in [0.25, 0.3) is 10.9 Å². The second-order valence-electron chi connectivity index (χ2n) is 6.21. The monoisotopic (exact) mass is 368 g/mol. The maximum absolute atomic E-state index is 12.3. The van der Waals surface area contributed by atoms with Gasteiger partial charge in [0, 0.05) is 22.8 Å². The Labute approximate surface area is 161 Å². The number of nitrogens with zero attached hydrogens (tertiary/aromatic N) is 3. The van der Waals surface area contributed by atoms with Crippen LogP contribution in [0, 0.1) is 11.3 Å². The van der Waals surface area contributed by atoms with Crippen LogP contribution in [0.3, 0.4) is 0 Å². The number of nitriles is 1. The van der Waals surface area contributed by atoms with Crippen LogP contribution in [0.2, 0.25) is 0 Å². The lowest BCUT2D eigenvalue weighted by atomic mass is 10.1. The molecule has 0 bridgehead atoms. The number of rotatable bonds is 5. The lowest BCUT2D eigenvalue weighted by Gasteiger charge is -2.07. The number of H-pyrrole nitrogens is 1.